The van der Waals surface area contributed by atoms with Crippen LogP contribution in [-0.2, 0) is 4.79 Å². The Bertz CT molecular complexity index is 1310. The predicted octanol–water partition coefficient (Wildman–Crippen LogP) is 7.44. The molecule has 0 aliphatic rings. The van der Waals surface area contributed by atoms with E-state index in [2.05, 4.69) is 21.2 Å². The molecular formula is C26H21BrFNO3. The van der Waals surface area contributed by atoms with E-state index in [1.165, 1.54) is 18.2 Å². The molecule has 162 valence electrons. The van der Waals surface area contributed by atoms with Gasteiger partial charge in [0.15, 0.2) is 0 Å². The summed E-state index contributed by atoms with van der Waals surface area (Å²) in [5.41, 5.74) is 4.57. The van der Waals surface area contributed by atoms with E-state index in [9.17, 15) is 9.18 Å². The number of hydrogen-bond donors (Lipinski definition) is 1. The normalized spacial score (nSPS) is 11.6. The summed E-state index contributed by atoms with van der Waals surface area (Å²) in [7, 11) is 0. The van der Waals surface area contributed by atoms with Crippen molar-refractivity contribution in [3.05, 3.63) is 88.9 Å². The standard InChI is InChI=1S/C26H21BrFNO3/c1-3-31-24-14-25-22(23(15-32-25)17-7-9-18(27)10-8-17)13-21(24)16(2)11-26(30)29-20-6-4-5-19(28)12-20/h4-15H,3H2,1-2H3,(H,29,30)/b16-11+. The second-order valence-corrected chi connectivity index (χ2v) is 8.18. The van der Waals surface area contributed by atoms with E-state index >= 15 is 0 Å². The Kier molecular flexibility index (Phi) is 6.42. The molecule has 32 heavy (non-hydrogen) atoms. The quantitative estimate of drug-likeness (QED) is 0.284. The third kappa shape index (κ3) is 4.75. The third-order valence-electron chi connectivity index (χ3n) is 5.00. The molecule has 0 fully saturated rings. The van der Waals surface area contributed by atoms with Crippen molar-refractivity contribution in [1.82, 2.24) is 0 Å². The van der Waals surface area contributed by atoms with Crippen LogP contribution in [0.3, 0.4) is 0 Å². The van der Waals surface area contributed by atoms with E-state index in [0.29, 0.717) is 29.2 Å². The molecule has 0 spiro atoms. The number of carbonyl (C=O) groups excluding carboxylic acids is 1. The van der Waals surface area contributed by atoms with Crippen molar-refractivity contribution >= 4 is 44.1 Å². The summed E-state index contributed by atoms with van der Waals surface area (Å²) in [6.07, 6.45) is 3.21. The number of benzene rings is 3. The average molecular weight is 494 g/mol. The number of furan rings is 1. The lowest BCUT2D eigenvalue weighted by atomic mass is 9.99. The minimum absolute atomic E-state index is 0.351. The highest BCUT2D eigenvalue weighted by Gasteiger charge is 2.15. The molecule has 6 heteroatoms. The van der Waals surface area contributed by atoms with Gasteiger partial charge in [0.1, 0.15) is 17.1 Å². The van der Waals surface area contributed by atoms with Crippen LogP contribution in [0.1, 0.15) is 19.4 Å². The van der Waals surface area contributed by atoms with E-state index < -0.39 is 5.82 Å². The number of halogens is 2. The van der Waals surface area contributed by atoms with Crippen LogP contribution in [0.15, 0.2) is 81.9 Å². The zero-order chi connectivity index (χ0) is 22.7. The molecule has 1 amide bonds. The lowest BCUT2D eigenvalue weighted by Gasteiger charge is -2.12. The van der Waals surface area contributed by atoms with Crippen molar-refractivity contribution in [3.8, 4) is 16.9 Å². The van der Waals surface area contributed by atoms with Gasteiger partial charge >= 0.3 is 0 Å². The van der Waals surface area contributed by atoms with E-state index in [-0.39, 0.29) is 5.91 Å². The summed E-state index contributed by atoms with van der Waals surface area (Å²) in [6, 6.07) is 17.6. The highest BCUT2D eigenvalue weighted by atomic mass is 79.9. The van der Waals surface area contributed by atoms with Gasteiger partial charge in [0, 0.05) is 38.8 Å². The van der Waals surface area contributed by atoms with Crippen LogP contribution < -0.4 is 10.1 Å². The first kappa shape index (κ1) is 21.8. The Morgan fingerprint density at radius 3 is 2.66 bits per heavy atom. The number of fused-ring (bicyclic) bond motifs is 1. The molecule has 1 N–H and O–H groups in total. The van der Waals surface area contributed by atoms with Gasteiger partial charge in [0.25, 0.3) is 0 Å². The molecule has 3 aromatic carbocycles. The first-order valence-corrected chi connectivity index (χ1v) is 10.9. The van der Waals surface area contributed by atoms with E-state index in [1.807, 2.05) is 50.2 Å². The van der Waals surface area contributed by atoms with Crippen LogP contribution >= 0.6 is 15.9 Å². The van der Waals surface area contributed by atoms with Gasteiger partial charge in [-0.3, -0.25) is 4.79 Å². The average Bonchev–Trinajstić information content (AvgIpc) is 3.16. The summed E-state index contributed by atoms with van der Waals surface area (Å²) in [4.78, 5) is 12.5. The zero-order valence-electron chi connectivity index (χ0n) is 17.6. The van der Waals surface area contributed by atoms with Gasteiger partial charge in [-0.2, -0.15) is 0 Å². The second-order valence-electron chi connectivity index (χ2n) is 7.26. The molecule has 4 rings (SSSR count). The van der Waals surface area contributed by atoms with Gasteiger partial charge in [0.2, 0.25) is 5.91 Å². The lowest BCUT2D eigenvalue weighted by Crippen LogP contribution is -2.09. The number of allylic oxidation sites excluding steroid dienone is 1. The number of nitrogens with one attached hydrogen (secondary N) is 1. The minimum atomic E-state index is -0.409. The number of hydrogen-bond acceptors (Lipinski definition) is 3. The maximum Gasteiger partial charge on any atom is 0.248 e. The van der Waals surface area contributed by atoms with Crippen molar-refractivity contribution in [2.75, 3.05) is 11.9 Å². The summed E-state index contributed by atoms with van der Waals surface area (Å²) < 4.78 is 26.0. The molecule has 0 aliphatic heterocycles. The third-order valence-corrected chi connectivity index (χ3v) is 5.52. The van der Waals surface area contributed by atoms with Gasteiger partial charge in [-0.05, 0) is 61.4 Å². The number of rotatable bonds is 6. The fraction of sp³-hybridized carbons (Fsp3) is 0.115. The lowest BCUT2D eigenvalue weighted by molar-refractivity contribution is -0.111. The Labute approximate surface area is 193 Å². The highest BCUT2D eigenvalue weighted by Crippen LogP contribution is 2.37. The minimum Gasteiger partial charge on any atom is -0.493 e. The molecule has 0 bridgehead atoms. The number of carbonyl (C=O) groups is 1. The fourth-order valence-electron chi connectivity index (χ4n) is 3.51. The van der Waals surface area contributed by atoms with Crippen LogP contribution in [-0.4, -0.2) is 12.5 Å². The van der Waals surface area contributed by atoms with Gasteiger partial charge in [-0.1, -0.05) is 34.1 Å². The summed E-state index contributed by atoms with van der Waals surface area (Å²) in [6.45, 7) is 4.22. The largest absolute Gasteiger partial charge is 0.493 e. The molecule has 1 heterocycles. The van der Waals surface area contributed by atoms with Crippen molar-refractivity contribution in [3.63, 3.8) is 0 Å². The molecule has 0 saturated carbocycles. The SMILES string of the molecule is CCOc1cc2occ(-c3ccc(Br)cc3)c2cc1/C(C)=C/C(=O)Nc1cccc(F)c1. The Morgan fingerprint density at radius 2 is 1.94 bits per heavy atom. The maximum absolute atomic E-state index is 13.4. The second kappa shape index (κ2) is 9.40. The van der Waals surface area contributed by atoms with Gasteiger partial charge < -0.3 is 14.5 Å². The molecule has 0 unspecified atom stereocenters. The molecule has 0 aliphatic carbocycles. The maximum atomic E-state index is 13.4. The molecular weight excluding hydrogens is 473 g/mol. The van der Waals surface area contributed by atoms with Crippen LogP contribution in [0.4, 0.5) is 10.1 Å². The number of ether oxygens (including phenoxy) is 1. The van der Waals surface area contributed by atoms with Crippen LogP contribution in [0, 0.1) is 5.82 Å². The first-order chi connectivity index (χ1) is 15.4. The smallest absolute Gasteiger partial charge is 0.248 e. The van der Waals surface area contributed by atoms with Crippen molar-refractivity contribution < 1.29 is 18.3 Å². The predicted molar refractivity (Wildman–Crippen MR) is 129 cm³/mol. The number of amides is 1. The molecule has 1 aromatic heterocycles. The Balaban J connectivity index is 1.72. The van der Waals surface area contributed by atoms with E-state index in [4.69, 9.17) is 9.15 Å². The highest BCUT2D eigenvalue weighted by molar-refractivity contribution is 9.10. The fourth-order valence-corrected chi connectivity index (χ4v) is 3.77. The van der Waals surface area contributed by atoms with E-state index in [1.54, 1.807) is 18.4 Å². The van der Waals surface area contributed by atoms with Gasteiger partial charge in [0.05, 0.1) is 12.9 Å². The molecule has 0 saturated heterocycles. The topological polar surface area (TPSA) is 51.5 Å². The van der Waals surface area contributed by atoms with Crippen LogP contribution in [0.2, 0.25) is 0 Å². The van der Waals surface area contributed by atoms with Crippen LogP contribution in [0.25, 0.3) is 27.7 Å². The number of anilines is 1. The van der Waals surface area contributed by atoms with E-state index in [0.717, 1.165) is 26.5 Å². The van der Waals surface area contributed by atoms with Crippen molar-refractivity contribution in [2.24, 2.45) is 0 Å². The Hall–Kier alpha value is -3.38. The van der Waals surface area contributed by atoms with Crippen molar-refractivity contribution in [1.29, 1.82) is 0 Å². The Morgan fingerprint density at radius 1 is 1.16 bits per heavy atom. The molecule has 4 aromatic rings. The monoisotopic (exact) mass is 493 g/mol. The van der Waals surface area contributed by atoms with Crippen LogP contribution in [0.5, 0.6) is 5.75 Å². The molecule has 4 nitrogen and oxygen atoms in total. The van der Waals surface area contributed by atoms with Crippen molar-refractivity contribution in [2.45, 2.75) is 13.8 Å². The van der Waals surface area contributed by atoms with Gasteiger partial charge in [-0.15, -0.1) is 0 Å². The zero-order valence-corrected chi connectivity index (χ0v) is 19.2. The first-order valence-electron chi connectivity index (χ1n) is 10.1. The molecule has 0 atom stereocenters. The van der Waals surface area contributed by atoms with Gasteiger partial charge in [-0.25, -0.2) is 4.39 Å². The summed E-state index contributed by atoms with van der Waals surface area (Å²) in [5, 5.41) is 3.61. The molecule has 0 radical (unpaired) electrons. The summed E-state index contributed by atoms with van der Waals surface area (Å²) >= 11 is 3.46. The summed E-state index contributed by atoms with van der Waals surface area (Å²) in [5.74, 6) is -0.131.